The molecule has 2 N–H and O–H groups in total. The van der Waals surface area contributed by atoms with E-state index >= 15 is 0 Å². The molecular weight excluding hydrogens is 412 g/mol. The van der Waals surface area contributed by atoms with Crippen LogP contribution in [0.4, 0.5) is 5.69 Å². The van der Waals surface area contributed by atoms with Crippen molar-refractivity contribution < 1.29 is 17.9 Å². The topological polar surface area (TPSA) is 84.5 Å². The van der Waals surface area contributed by atoms with Gasteiger partial charge in [0.05, 0.1) is 17.1 Å². The predicted octanol–water partition coefficient (Wildman–Crippen LogP) is 4.17. The summed E-state index contributed by atoms with van der Waals surface area (Å²) in [5.41, 5.74) is 2.68. The van der Waals surface area contributed by atoms with Gasteiger partial charge >= 0.3 is 0 Å². The highest BCUT2D eigenvalue weighted by atomic mass is 32.2. The summed E-state index contributed by atoms with van der Waals surface area (Å²) in [4.78, 5) is 12.7. The number of hydrogen-bond donors (Lipinski definition) is 2. The van der Waals surface area contributed by atoms with Crippen LogP contribution in [0.25, 0.3) is 0 Å². The van der Waals surface area contributed by atoms with E-state index in [1.807, 2.05) is 24.3 Å². The molecule has 3 aromatic rings. The molecule has 3 rings (SSSR count). The zero-order valence-electron chi connectivity index (χ0n) is 17.6. The summed E-state index contributed by atoms with van der Waals surface area (Å²) >= 11 is 0. The summed E-state index contributed by atoms with van der Waals surface area (Å²) in [7, 11) is -3.74. The van der Waals surface area contributed by atoms with Gasteiger partial charge in [0.25, 0.3) is 15.9 Å². The van der Waals surface area contributed by atoms with Crippen molar-refractivity contribution in [2.75, 3.05) is 17.9 Å². The van der Waals surface area contributed by atoms with Gasteiger partial charge in [-0.15, -0.1) is 0 Å². The van der Waals surface area contributed by atoms with Crippen molar-refractivity contribution in [1.82, 2.24) is 5.32 Å². The van der Waals surface area contributed by atoms with E-state index in [-0.39, 0.29) is 10.8 Å². The molecular formula is C24H26N2O4S. The molecule has 0 heterocycles. The van der Waals surface area contributed by atoms with Gasteiger partial charge in [-0.2, -0.15) is 0 Å². The molecule has 3 aromatic carbocycles. The van der Waals surface area contributed by atoms with Crippen molar-refractivity contribution in [2.24, 2.45) is 0 Å². The Hall–Kier alpha value is -3.32. The van der Waals surface area contributed by atoms with Crippen molar-refractivity contribution in [3.63, 3.8) is 0 Å². The number of sulfonamides is 1. The third-order valence-electron chi connectivity index (χ3n) is 4.79. The maximum Gasteiger partial charge on any atom is 0.261 e. The van der Waals surface area contributed by atoms with Crippen LogP contribution in [-0.4, -0.2) is 27.5 Å². The lowest BCUT2D eigenvalue weighted by Crippen LogP contribution is -2.28. The molecule has 0 atom stereocenters. The highest BCUT2D eigenvalue weighted by Crippen LogP contribution is 2.21. The Bertz CT molecular complexity index is 1130. The number of carbonyl (C=O) groups is 1. The molecule has 1 amide bonds. The van der Waals surface area contributed by atoms with Gasteiger partial charge in [-0.25, -0.2) is 8.42 Å². The number of nitrogens with one attached hydrogen (secondary N) is 2. The predicted molar refractivity (Wildman–Crippen MR) is 122 cm³/mol. The van der Waals surface area contributed by atoms with Crippen LogP contribution < -0.4 is 14.8 Å². The average Bonchev–Trinajstić information content (AvgIpc) is 2.79. The average molecular weight is 439 g/mol. The van der Waals surface area contributed by atoms with Gasteiger partial charge < -0.3 is 10.1 Å². The van der Waals surface area contributed by atoms with Gasteiger partial charge in [0.2, 0.25) is 0 Å². The number of anilines is 1. The molecule has 0 aromatic heterocycles. The molecule has 0 saturated carbocycles. The molecule has 0 aliphatic heterocycles. The van der Waals surface area contributed by atoms with Crippen LogP contribution in [-0.2, 0) is 16.4 Å². The zero-order valence-corrected chi connectivity index (χ0v) is 18.4. The maximum atomic E-state index is 12.6. The number of amides is 1. The minimum atomic E-state index is -3.74. The van der Waals surface area contributed by atoms with Crippen molar-refractivity contribution >= 4 is 21.6 Å². The second-order valence-electron chi connectivity index (χ2n) is 7.05. The van der Waals surface area contributed by atoms with Crippen molar-refractivity contribution in [2.45, 2.75) is 25.2 Å². The Morgan fingerprint density at radius 1 is 0.968 bits per heavy atom. The van der Waals surface area contributed by atoms with E-state index in [1.54, 1.807) is 37.3 Å². The van der Waals surface area contributed by atoms with Gasteiger partial charge in [0.15, 0.2) is 0 Å². The largest absolute Gasteiger partial charge is 0.492 e. The lowest BCUT2D eigenvalue weighted by Gasteiger charge is -2.13. The summed E-state index contributed by atoms with van der Waals surface area (Å²) in [6.07, 6.45) is 0.969. The minimum absolute atomic E-state index is 0.161. The Balaban J connectivity index is 1.59. The van der Waals surface area contributed by atoms with Crippen molar-refractivity contribution in [3.8, 4) is 5.75 Å². The van der Waals surface area contributed by atoms with Crippen LogP contribution in [0.15, 0.2) is 77.7 Å². The fourth-order valence-corrected chi connectivity index (χ4v) is 4.08. The number of benzene rings is 3. The number of aryl methyl sites for hydroxylation is 2. The second kappa shape index (κ2) is 10.1. The number of carbonyl (C=O) groups excluding carboxylic acids is 1. The molecule has 6 nitrogen and oxygen atoms in total. The van der Waals surface area contributed by atoms with Gasteiger partial charge in [0, 0.05) is 5.56 Å². The summed E-state index contributed by atoms with van der Waals surface area (Å²) < 4.78 is 33.4. The Morgan fingerprint density at radius 3 is 2.35 bits per heavy atom. The molecule has 0 radical (unpaired) electrons. The number of ether oxygens (including phenoxy) is 1. The fourth-order valence-electron chi connectivity index (χ4n) is 2.93. The van der Waals surface area contributed by atoms with Crippen molar-refractivity contribution in [1.29, 1.82) is 0 Å². The van der Waals surface area contributed by atoms with E-state index in [4.69, 9.17) is 4.74 Å². The van der Waals surface area contributed by atoms with Crippen LogP contribution in [0.2, 0.25) is 0 Å². The second-order valence-corrected chi connectivity index (χ2v) is 8.73. The van der Waals surface area contributed by atoms with E-state index in [2.05, 4.69) is 17.0 Å². The van der Waals surface area contributed by atoms with Gasteiger partial charge in [-0.3, -0.25) is 9.52 Å². The van der Waals surface area contributed by atoms with E-state index < -0.39 is 10.0 Å². The van der Waals surface area contributed by atoms with E-state index in [9.17, 15) is 13.2 Å². The highest BCUT2D eigenvalue weighted by molar-refractivity contribution is 7.92. The van der Waals surface area contributed by atoms with Gasteiger partial charge in [-0.1, -0.05) is 43.3 Å². The van der Waals surface area contributed by atoms with E-state index in [1.165, 1.54) is 23.8 Å². The lowest BCUT2D eigenvalue weighted by atomic mass is 10.1. The first kappa shape index (κ1) is 22.4. The maximum absolute atomic E-state index is 12.6. The number of rotatable bonds is 9. The Labute approximate surface area is 183 Å². The first-order chi connectivity index (χ1) is 14.9. The zero-order chi connectivity index (χ0) is 22.3. The molecule has 0 saturated heterocycles. The van der Waals surface area contributed by atoms with Gasteiger partial charge in [0.1, 0.15) is 12.4 Å². The fraction of sp³-hybridized carbons (Fsp3) is 0.208. The van der Waals surface area contributed by atoms with E-state index in [0.29, 0.717) is 24.4 Å². The summed E-state index contributed by atoms with van der Waals surface area (Å²) in [6.45, 7) is 4.53. The van der Waals surface area contributed by atoms with E-state index in [0.717, 1.165) is 17.7 Å². The molecule has 0 aliphatic rings. The molecule has 0 spiro atoms. The molecule has 0 fully saturated rings. The molecule has 7 heteroatoms. The quantitative estimate of drug-likeness (QED) is 0.491. The van der Waals surface area contributed by atoms with Crippen LogP contribution >= 0.6 is 0 Å². The van der Waals surface area contributed by atoms with Crippen LogP contribution in [0.5, 0.6) is 5.75 Å². The third-order valence-corrected chi connectivity index (χ3v) is 6.17. The molecule has 0 bridgehead atoms. The Morgan fingerprint density at radius 2 is 1.68 bits per heavy atom. The molecule has 0 unspecified atom stereocenters. The third kappa shape index (κ3) is 6.08. The van der Waals surface area contributed by atoms with Crippen LogP contribution in [0.1, 0.15) is 28.4 Å². The van der Waals surface area contributed by atoms with Gasteiger partial charge in [-0.05, 0) is 60.9 Å². The summed E-state index contributed by atoms with van der Waals surface area (Å²) in [5, 5.41) is 2.79. The highest BCUT2D eigenvalue weighted by Gasteiger charge is 2.16. The monoisotopic (exact) mass is 438 g/mol. The first-order valence-corrected chi connectivity index (χ1v) is 11.6. The van der Waals surface area contributed by atoms with Crippen LogP contribution in [0.3, 0.4) is 0 Å². The Kier molecular flexibility index (Phi) is 7.31. The molecule has 31 heavy (non-hydrogen) atoms. The lowest BCUT2D eigenvalue weighted by molar-refractivity contribution is 0.0947. The summed E-state index contributed by atoms with van der Waals surface area (Å²) in [6, 6.07) is 20.9. The SMILES string of the molecule is CCc1ccc(OCCNC(=O)c2ccc(C)c(NS(=O)(=O)c3ccccc3)c2)cc1. The summed E-state index contributed by atoms with van der Waals surface area (Å²) in [5.74, 6) is 0.449. The minimum Gasteiger partial charge on any atom is -0.492 e. The van der Waals surface area contributed by atoms with Crippen LogP contribution in [0, 0.1) is 6.92 Å². The number of hydrogen-bond acceptors (Lipinski definition) is 4. The standard InChI is InChI=1S/C24H26N2O4S/c1-3-19-10-13-21(14-11-19)30-16-15-25-24(27)20-12-9-18(2)23(17-20)26-31(28,29)22-7-5-4-6-8-22/h4-14,17,26H,3,15-16H2,1-2H3,(H,25,27). The first-order valence-electron chi connectivity index (χ1n) is 10.1. The molecule has 162 valence electrons. The normalized spacial score (nSPS) is 11.0. The smallest absolute Gasteiger partial charge is 0.261 e. The van der Waals surface area contributed by atoms with Crippen molar-refractivity contribution in [3.05, 3.63) is 89.5 Å². The molecule has 0 aliphatic carbocycles.